The van der Waals surface area contributed by atoms with E-state index in [0.29, 0.717) is 5.58 Å². The van der Waals surface area contributed by atoms with E-state index >= 15 is 0 Å². The monoisotopic (exact) mass is 275 g/mol. The van der Waals surface area contributed by atoms with Crippen LogP contribution in [0.2, 0.25) is 0 Å². The lowest BCUT2D eigenvalue weighted by atomic mass is 9.94. The summed E-state index contributed by atoms with van der Waals surface area (Å²) < 4.78 is 5.53. The second-order valence-corrected chi connectivity index (χ2v) is 5.48. The maximum absolute atomic E-state index is 12.0. The molecule has 0 aliphatic rings. The topological polar surface area (TPSA) is 79.5 Å². The highest BCUT2D eigenvalue weighted by atomic mass is 16.4. The Labute approximate surface area is 116 Å². The highest BCUT2D eigenvalue weighted by Crippen LogP contribution is 2.22. The summed E-state index contributed by atoms with van der Waals surface area (Å²) in [6, 6.07) is 7.32. The first-order valence-corrected chi connectivity index (χ1v) is 6.32. The second kappa shape index (κ2) is 5.00. The van der Waals surface area contributed by atoms with Crippen molar-refractivity contribution in [3.05, 3.63) is 35.6 Å². The molecule has 0 saturated carbocycles. The molecule has 1 heterocycles. The van der Waals surface area contributed by atoms with Crippen molar-refractivity contribution < 1.29 is 19.1 Å². The first-order valence-electron chi connectivity index (χ1n) is 6.32. The number of para-hydroxylation sites is 1. The zero-order chi connectivity index (χ0) is 14.9. The predicted octanol–water partition coefficient (Wildman–Crippen LogP) is 2.58. The van der Waals surface area contributed by atoms with Crippen LogP contribution in [0, 0.1) is 12.3 Å². The van der Waals surface area contributed by atoms with Crippen molar-refractivity contribution in [1.29, 1.82) is 0 Å². The van der Waals surface area contributed by atoms with Gasteiger partial charge in [-0.15, -0.1) is 0 Å². The minimum absolute atomic E-state index is 0.0389. The molecule has 5 heteroatoms. The molecule has 1 aromatic carbocycles. The standard InChI is InChI=1S/C15H17NO4/c1-9-5-4-6-10-7-11(20-12(9)10)13(17)16-8-15(2,3)14(18)19/h4-7H,8H2,1-3H3,(H,16,17)(H,18,19). The molecular weight excluding hydrogens is 258 g/mol. The van der Waals surface area contributed by atoms with Gasteiger partial charge in [-0.05, 0) is 32.4 Å². The van der Waals surface area contributed by atoms with E-state index in [1.165, 1.54) is 0 Å². The van der Waals surface area contributed by atoms with Crippen molar-refractivity contribution in [2.75, 3.05) is 6.54 Å². The van der Waals surface area contributed by atoms with E-state index in [9.17, 15) is 9.59 Å². The van der Waals surface area contributed by atoms with Crippen LogP contribution < -0.4 is 5.32 Å². The van der Waals surface area contributed by atoms with Crippen molar-refractivity contribution in [1.82, 2.24) is 5.32 Å². The largest absolute Gasteiger partial charge is 0.481 e. The Balaban J connectivity index is 2.16. The van der Waals surface area contributed by atoms with Crippen LogP contribution in [0.3, 0.4) is 0 Å². The number of aliphatic carboxylic acids is 1. The Morgan fingerprint density at radius 2 is 2.05 bits per heavy atom. The van der Waals surface area contributed by atoms with Gasteiger partial charge < -0.3 is 14.8 Å². The zero-order valence-corrected chi connectivity index (χ0v) is 11.7. The molecule has 20 heavy (non-hydrogen) atoms. The number of furan rings is 1. The smallest absolute Gasteiger partial charge is 0.310 e. The van der Waals surface area contributed by atoms with E-state index in [0.717, 1.165) is 10.9 Å². The molecule has 0 atom stereocenters. The van der Waals surface area contributed by atoms with Gasteiger partial charge in [-0.25, -0.2) is 0 Å². The van der Waals surface area contributed by atoms with E-state index < -0.39 is 17.3 Å². The van der Waals surface area contributed by atoms with E-state index in [1.807, 2.05) is 25.1 Å². The number of carbonyl (C=O) groups is 2. The van der Waals surface area contributed by atoms with Gasteiger partial charge in [0.2, 0.25) is 0 Å². The molecule has 0 aliphatic heterocycles. The number of nitrogens with one attached hydrogen (secondary N) is 1. The lowest BCUT2D eigenvalue weighted by molar-refractivity contribution is -0.146. The molecule has 1 amide bonds. The SMILES string of the molecule is Cc1cccc2cc(C(=O)NCC(C)(C)C(=O)O)oc12. The molecule has 0 aliphatic carbocycles. The average molecular weight is 275 g/mol. The Hall–Kier alpha value is -2.30. The van der Waals surface area contributed by atoms with Gasteiger partial charge in [0.05, 0.1) is 5.41 Å². The number of rotatable bonds is 4. The second-order valence-electron chi connectivity index (χ2n) is 5.48. The maximum atomic E-state index is 12.0. The van der Waals surface area contributed by atoms with Crippen molar-refractivity contribution in [3.63, 3.8) is 0 Å². The van der Waals surface area contributed by atoms with Gasteiger partial charge in [0.1, 0.15) is 5.58 Å². The first-order chi connectivity index (χ1) is 9.31. The van der Waals surface area contributed by atoms with Crippen LogP contribution in [-0.4, -0.2) is 23.5 Å². The van der Waals surface area contributed by atoms with Gasteiger partial charge in [-0.3, -0.25) is 9.59 Å². The zero-order valence-electron chi connectivity index (χ0n) is 11.7. The minimum atomic E-state index is -1.02. The number of hydrogen-bond acceptors (Lipinski definition) is 3. The Kier molecular flexibility index (Phi) is 3.53. The summed E-state index contributed by atoms with van der Waals surface area (Å²) in [5.74, 6) is -1.18. The lowest BCUT2D eigenvalue weighted by Crippen LogP contribution is -2.38. The van der Waals surface area contributed by atoms with Crippen molar-refractivity contribution in [2.24, 2.45) is 5.41 Å². The lowest BCUT2D eigenvalue weighted by Gasteiger charge is -2.18. The van der Waals surface area contributed by atoms with E-state index in [2.05, 4.69) is 5.32 Å². The van der Waals surface area contributed by atoms with Gasteiger partial charge in [-0.1, -0.05) is 18.2 Å². The van der Waals surface area contributed by atoms with Gasteiger partial charge in [0.25, 0.3) is 5.91 Å². The van der Waals surface area contributed by atoms with Crippen LogP contribution in [-0.2, 0) is 4.79 Å². The number of amides is 1. The molecule has 0 spiro atoms. The van der Waals surface area contributed by atoms with Gasteiger partial charge >= 0.3 is 5.97 Å². The third kappa shape index (κ3) is 2.66. The van der Waals surface area contributed by atoms with Crippen molar-refractivity contribution in [2.45, 2.75) is 20.8 Å². The number of carboxylic acid groups (broad SMARTS) is 1. The fraction of sp³-hybridized carbons (Fsp3) is 0.333. The summed E-state index contributed by atoms with van der Waals surface area (Å²) in [6.45, 7) is 5.05. The highest BCUT2D eigenvalue weighted by molar-refractivity contribution is 5.96. The summed E-state index contributed by atoms with van der Waals surface area (Å²) in [4.78, 5) is 23.0. The summed E-state index contributed by atoms with van der Waals surface area (Å²) in [6.07, 6.45) is 0. The van der Waals surface area contributed by atoms with Crippen LogP contribution in [0.4, 0.5) is 0 Å². The van der Waals surface area contributed by atoms with Crippen LogP contribution in [0.1, 0.15) is 30.0 Å². The average Bonchev–Trinajstić information content (AvgIpc) is 2.81. The molecule has 2 N–H and O–H groups in total. The van der Waals surface area contributed by atoms with E-state index in [1.54, 1.807) is 19.9 Å². The van der Waals surface area contributed by atoms with Crippen LogP contribution in [0.5, 0.6) is 0 Å². The third-order valence-corrected chi connectivity index (χ3v) is 3.23. The number of carboxylic acids is 1. The van der Waals surface area contributed by atoms with Crippen LogP contribution in [0.15, 0.2) is 28.7 Å². The molecule has 5 nitrogen and oxygen atoms in total. The highest BCUT2D eigenvalue weighted by Gasteiger charge is 2.28. The quantitative estimate of drug-likeness (QED) is 0.898. The number of aryl methyl sites for hydroxylation is 1. The molecule has 0 fully saturated rings. The summed E-state index contributed by atoms with van der Waals surface area (Å²) >= 11 is 0. The first kappa shape index (κ1) is 14.1. The molecule has 0 radical (unpaired) electrons. The Morgan fingerprint density at radius 1 is 1.35 bits per heavy atom. The van der Waals surface area contributed by atoms with Crippen molar-refractivity contribution in [3.8, 4) is 0 Å². The number of hydrogen-bond donors (Lipinski definition) is 2. The third-order valence-electron chi connectivity index (χ3n) is 3.23. The van der Waals surface area contributed by atoms with Gasteiger partial charge in [0.15, 0.2) is 5.76 Å². The molecule has 106 valence electrons. The van der Waals surface area contributed by atoms with Crippen LogP contribution in [0.25, 0.3) is 11.0 Å². The molecule has 2 rings (SSSR count). The van der Waals surface area contributed by atoms with E-state index in [-0.39, 0.29) is 12.3 Å². The molecule has 0 bridgehead atoms. The summed E-state index contributed by atoms with van der Waals surface area (Å²) in [5, 5.41) is 12.4. The minimum Gasteiger partial charge on any atom is -0.481 e. The van der Waals surface area contributed by atoms with Crippen molar-refractivity contribution >= 4 is 22.8 Å². The summed E-state index contributed by atoms with van der Waals surface area (Å²) in [7, 11) is 0. The normalized spacial score (nSPS) is 11.6. The predicted molar refractivity (Wildman–Crippen MR) is 74.7 cm³/mol. The molecule has 0 saturated heterocycles. The Morgan fingerprint density at radius 3 is 2.65 bits per heavy atom. The molecule has 0 unspecified atom stereocenters. The number of fused-ring (bicyclic) bond motifs is 1. The van der Waals surface area contributed by atoms with E-state index in [4.69, 9.17) is 9.52 Å². The number of benzene rings is 1. The maximum Gasteiger partial charge on any atom is 0.310 e. The Bertz CT molecular complexity index is 670. The summed E-state index contributed by atoms with van der Waals surface area (Å²) in [5.41, 5.74) is 0.611. The number of carbonyl (C=O) groups excluding carboxylic acids is 1. The fourth-order valence-electron chi connectivity index (χ4n) is 1.78. The van der Waals surface area contributed by atoms with Gasteiger partial charge in [-0.2, -0.15) is 0 Å². The fourth-order valence-corrected chi connectivity index (χ4v) is 1.78. The molecular formula is C15H17NO4. The van der Waals surface area contributed by atoms with Crippen LogP contribution >= 0.6 is 0 Å². The van der Waals surface area contributed by atoms with Gasteiger partial charge in [0, 0.05) is 11.9 Å². The molecule has 1 aromatic heterocycles. The molecule has 2 aromatic rings.